The summed E-state index contributed by atoms with van der Waals surface area (Å²) in [6, 6.07) is 9.28. The SMILES string of the molecule is Cc1ccc(OCc2ccc(F)cc2F)c(CC(C)N)c1. The van der Waals surface area contributed by atoms with Gasteiger partial charge in [0.2, 0.25) is 0 Å². The minimum Gasteiger partial charge on any atom is -0.489 e. The van der Waals surface area contributed by atoms with E-state index in [0.717, 1.165) is 17.2 Å². The molecule has 2 N–H and O–H groups in total. The summed E-state index contributed by atoms with van der Waals surface area (Å²) in [5, 5.41) is 0. The maximum atomic E-state index is 13.6. The molecule has 0 aliphatic carbocycles. The van der Waals surface area contributed by atoms with E-state index in [9.17, 15) is 8.78 Å². The molecule has 2 nitrogen and oxygen atoms in total. The summed E-state index contributed by atoms with van der Waals surface area (Å²) in [6.45, 7) is 3.97. The molecule has 1 unspecified atom stereocenters. The van der Waals surface area contributed by atoms with Crippen LogP contribution in [0.5, 0.6) is 5.75 Å². The van der Waals surface area contributed by atoms with E-state index >= 15 is 0 Å². The molecule has 2 rings (SSSR count). The summed E-state index contributed by atoms with van der Waals surface area (Å²) >= 11 is 0. The zero-order valence-corrected chi connectivity index (χ0v) is 12.2. The Balaban J connectivity index is 2.15. The van der Waals surface area contributed by atoms with Gasteiger partial charge < -0.3 is 10.5 Å². The second-order valence-electron chi connectivity index (χ2n) is 5.32. The molecule has 0 aromatic heterocycles. The van der Waals surface area contributed by atoms with Gasteiger partial charge in [-0.05, 0) is 44.0 Å². The fourth-order valence-electron chi connectivity index (χ4n) is 2.15. The van der Waals surface area contributed by atoms with Gasteiger partial charge in [-0.3, -0.25) is 0 Å². The molecule has 112 valence electrons. The summed E-state index contributed by atoms with van der Waals surface area (Å²) in [6.07, 6.45) is 0.683. The van der Waals surface area contributed by atoms with Crippen molar-refractivity contribution in [2.75, 3.05) is 0 Å². The molecule has 0 heterocycles. The molecule has 2 aromatic rings. The number of nitrogens with two attached hydrogens (primary N) is 1. The molecular formula is C17H19F2NO. The van der Waals surface area contributed by atoms with E-state index < -0.39 is 11.6 Å². The first-order valence-electron chi connectivity index (χ1n) is 6.87. The monoisotopic (exact) mass is 291 g/mol. The molecule has 2 aromatic carbocycles. The Kier molecular flexibility index (Phi) is 4.91. The smallest absolute Gasteiger partial charge is 0.132 e. The molecular weight excluding hydrogens is 272 g/mol. The average Bonchev–Trinajstić information content (AvgIpc) is 2.39. The van der Waals surface area contributed by atoms with Crippen LogP contribution in [0.2, 0.25) is 0 Å². The molecule has 0 saturated carbocycles. The third kappa shape index (κ3) is 4.26. The van der Waals surface area contributed by atoms with E-state index in [4.69, 9.17) is 10.5 Å². The number of halogens is 2. The summed E-state index contributed by atoms with van der Waals surface area (Å²) < 4.78 is 32.1. The molecule has 0 fully saturated rings. The first-order valence-corrected chi connectivity index (χ1v) is 6.87. The van der Waals surface area contributed by atoms with Crippen LogP contribution < -0.4 is 10.5 Å². The third-order valence-corrected chi connectivity index (χ3v) is 3.16. The lowest BCUT2D eigenvalue weighted by Gasteiger charge is -2.14. The predicted molar refractivity (Wildman–Crippen MR) is 79.2 cm³/mol. The zero-order chi connectivity index (χ0) is 15.4. The van der Waals surface area contributed by atoms with Gasteiger partial charge in [-0.25, -0.2) is 8.78 Å². The second kappa shape index (κ2) is 6.68. The number of aryl methyl sites for hydroxylation is 1. The van der Waals surface area contributed by atoms with Gasteiger partial charge in [0.05, 0.1) is 0 Å². The van der Waals surface area contributed by atoms with Crippen molar-refractivity contribution in [2.45, 2.75) is 32.9 Å². The van der Waals surface area contributed by atoms with Gasteiger partial charge in [0.25, 0.3) is 0 Å². The summed E-state index contributed by atoms with van der Waals surface area (Å²) in [7, 11) is 0. The average molecular weight is 291 g/mol. The number of hydrogen-bond acceptors (Lipinski definition) is 2. The minimum absolute atomic E-state index is 0.0108. The number of benzene rings is 2. The molecule has 0 aliphatic rings. The maximum Gasteiger partial charge on any atom is 0.132 e. The van der Waals surface area contributed by atoms with Crippen molar-refractivity contribution >= 4 is 0 Å². The van der Waals surface area contributed by atoms with Crippen molar-refractivity contribution < 1.29 is 13.5 Å². The van der Waals surface area contributed by atoms with E-state index in [1.165, 1.54) is 12.1 Å². The molecule has 1 atom stereocenters. The Labute approximate surface area is 123 Å². The van der Waals surface area contributed by atoms with Crippen molar-refractivity contribution in [1.82, 2.24) is 0 Å². The molecule has 0 spiro atoms. The van der Waals surface area contributed by atoms with Crippen molar-refractivity contribution in [3.63, 3.8) is 0 Å². The third-order valence-electron chi connectivity index (χ3n) is 3.16. The van der Waals surface area contributed by atoms with Crippen molar-refractivity contribution in [2.24, 2.45) is 5.73 Å². The van der Waals surface area contributed by atoms with Crippen LogP contribution in [0.1, 0.15) is 23.6 Å². The van der Waals surface area contributed by atoms with E-state index in [1.54, 1.807) is 0 Å². The predicted octanol–water partition coefficient (Wildman–Crippen LogP) is 3.74. The Morgan fingerprint density at radius 2 is 1.86 bits per heavy atom. The molecule has 21 heavy (non-hydrogen) atoms. The van der Waals surface area contributed by atoms with Crippen LogP contribution in [0.25, 0.3) is 0 Å². The highest BCUT2D eigenvalue weighted by Crippen LogP contribution is 2.23. The highest BCUT2D eigenvalue weighted by Gasteiger charge is 2.09. The lowest BCUT2D eigenvalue weighted by atomic mass is 10.0. The van der Waals surface area contributed by atoms with E-state index in [-0.39, 0.29) is 12.6 Å². The van der Waals surface area contributed by atoms with E-state index in [1.807, 2.05) is 32.0 Å². The van der Waals surface area contributed by atoms with Crippen LogP contribution >= 0.6 is 0 Å². The summed E-state index contributed by atoms with van der Waals surface area (Å²) in [4.78, 5) is 0. The van der Waals surface area contributed by atoms with E-state index in [2.05, 4.69) is 0 Å². The van der Waals surface area contributed by atoms with Gasteiger partial charge in [-0.2, -0.15) is 0 Å². The standard InChI is InChI=1S/C17H19F2NO/c1-11-3-6-17(14(7-11)8-12(2)20)21-10-13-4-5-15(18)9-16(13)19/h3-7,9,12H,8,10,20H2,1-2H3. The van der Waals surface area contributed by atoms with Gasteiger partial charge >= 0.3 is 0 Å². The van der Waals surface area contributed by atoms with Gasteiger partial charge in [-0.1, -0.05) is 17.7 Å². The van der Waals surface area contributed by atoms with Gasteiger partial charge in [0, 0.05) is 17.7 Å². The van der Waals surface area contributed by atoms with Crippen LogP contribution in [-0.2, 0) is 13.0 Å². The summed E-state index contributed by atoms with van der Waals surface area (Å²) in [5.74, 6) is -0.512. The molecule has 0 saturated heterocycles. The lowest BCUT2D eigenvalue weighted by molar-refractivity contribution is 0.295. The van der Waals surface area contributed by atoms with Crippen LogP contribution in [0, 0.1) is 18.6 Å². The Morgan fingerprint density at radius 3 is 2.52 bits per heavy atom. The number of ether oxygens (including phenoxy) is 1. The summed E-state index contributed by atoms with van der Waals surface area (Å²) in [5.41, 5.74) is 8.27. The topological polar surface area (TPSA) is 35.2 Å². The Morgan fingerprint density at radius 1 is 1.10 bits per heavy atom. The van der Waals surface area contributed by atoms with Crippen LogP contribution in [0.15, 0.2) is 36.4 Å². The first-order chi connectivity index (χ1) is 9.95. The molecule has 0 bridgehead atoms. The normalized spacial score (nSPS) is 12.2. The first kappa shape index (κ1) is 15.4. The van der Waals surface area contributed by atoms with Crippen molar-refractivity contribution in [3.8, 4) is 5.75 Å². The fraction of sp³-hybridized carbons (Fsp3) is 0.294. The zero-order valence-electron chi connectivity index (χ0n) is 12.2. The lowest BCUT2D eigenvalue weighted by Crippen LogP contribution is -2.18. The maximum absolute atomic E-state index is 13.6. The van der Waals surface area contributed by atoms with Crippen LogP contribution in [0.4, 0.5) is 8.78 Å². The van der Waals surface area contributed by atoms with Crippen molar-refractivity contribution in [1.29, 1.82) is 0 Å². The van der Waals surface area contributed by atoms with Gasteiger partial charge in [-0.15, -0.1) is 0 Å². The van der Waals surface area contributed by atoms with E-state index in [0.29, 0.717) is 17.7 Å². The highest BCUT2D eigenvalue weighted by molar-refractivity contribution is 5.37. The number of rotatable bonds is 5. The Bertz CT molecular complexity index is 626. The molecule has 0 amide bonds. The largest absolute Gasteiger partial charge is 0.489 e. The van der Waals surface area contributed by atoms with Gasteiger partial charge in [0.1, 0.15) is 24.0 Å². The molecule has 0 radical (unpaired) electrons. The van der Waals surface area contributed by atoms with Crippen LogP contribution in [-0.4, -0.2) is 6.04 Å². The molecule has 0 aliphatic heterocycles. The fourth-order valence-corrected chi connectivity index (χ4v) is 2.15. The molecule has 4 heteroatoms. The highest BCUT2D eigenvalue weighted by atomic mass is 19.1. The van der Waals surface area contributed by atoms with Gasteiger partial charge in [0.15, 0.2) is 0 Å². The van der Waals surface area contributed by atoms with Crippen molar-refractivity contribution in [3.05, 3.63) is 64.7 Å². The quantitative estimate of drug-likeness (QED) is 0.910. The minimum atomic E-state index is -0.601. The number of hydrogen-bond donors (Lipinski definition) is 1. The van der Waals surface area contributed by atoms with Crippen LogP contribution in [0.3, 0.4) is 0 Å². The Hall–Kier alpha value is -1.94. The second-order valence-corrected chi connectivity index (χ2v) is 5.32.